The normalized spacial score (nSPS) is 31.8. The third kappa shape index (κ3) is 1.98. The van der Waals surface area contributed by atoms with Crippen molar-refractivity contribution in [3.63, 3.8) is 0 Å². The number of rotatable bonds is 2. The predicted octanol–water partition coefficient (Wildman–Crippen LogP) is 2.21. The van der Waals surface area contributed by atoms with Crippen LogP contribution in [0, 0.1) is 6.92 Å². The van der Waals surface area contributed by atoms with E-state index < -0.39 is 0 Å². The number of aryl methyl sites for hydroxylation is 1. The van der Waals surface area contributed by atoms with Crippen molar-refractivity contribution in [2.45, 2.75) is 57.3 Å². The van der Waals surface area contributed by atoms with Crippen LogP contribution in [0.4, 0.5) is 0 Å². The van der Waals surface area contributed by atoms with Crippen molar-refractivity contribution in [3.8, 4) is 11.5 Å². The van der Waals surface area contributed by atoms with Crippen molar-refractivity contribution in [2.75, 3.05) is 6.79 Å². The number of ether oxygens (including phenoxy) is 2. The van der Waals surface area contributed by atoms with Crippen LogP contribution in [0.5, 0.6) is 11.5 Å². The van der Waals surface area contributed by atoms with Crippen LogP contribution in [0.3, 0.4) is 0 Å². The van der Waals surface area contributed by atoms with Crippen molar-refractivity contribution < 1.29 is 14.6 Å². The number of benzene rings is 1. The van der Waals surface area contributed by atoms with E-state index in [0.717, 1.165) is 30.9 Å². The Morgan fingerprint density at radius 2 is 1.80 bits per heavy atom. The quantitative estimate of drug-likeness (QED) is 0.898. The molecule has 1 unspecified atom stereocenters. The van der Waals surface area contributed by atoms with Gasteiger partial charge in [-0.15, -0.1) is 0 Å². The lowest BCUT2D eigenvalue weighted by molar-refractivity contribution is 0.0309. The van der Waals surface area contributed by atoms with Crippen LogP contribution in [-0.4, -0.2) is 35.0 Å². The van der Waals surface area contributed by atoms with Gasteiger partial charge in [0.15, 0.2) is 11.5 Å². The lowest BCUT2D eigenvalue weighted by Crippen LogP contribution is -2.44. The fraction of sp³-hybridized carbons (Fsp3) is 0.625. The third-order valence-corrected chi connectivity index (χ3v) is 5.04. The van der Waals surface area contributed by atoms with E-state index in [2.05, 4.69) is 24.0 Å². The molecule has 1 aromatic rings. The molecule has 1 N–H and O–H groups in total. The highest BCUT2D eigenvalue weighted by Gasteiger charge is 2.40. The first-order valence-electron chi connectivity index (χ1n) is 7.53. The molecule has 4 rings (SSSR count). The lowest BCUT2D eigenvalue weighted by atomic mass is 9.98. The zero-order valence-electron chi connectivity index (χ0n) is 11.8. The second-order valence-corrected chi connectivity index (χ2v) is 6.31. The molecule has 0 aromatic heterocycles. The van der Waals surface area contributed by atoms with E-state index in [9.17, 15) is 5.11 Å². The summed E-state index contributed by atoms with van der Waals surface area (Å²) in [5, 5.41) is 9.89. The van der Waals surface area contributed by atoms with Crippen LogP contribution in [0.15, 0.2) is 12.1 Å². The number of hydrogen-bond acceptors (Lipinski definition) is 4. The molecule has 4 nitrogen and oxygen atoms in total. The fourth-order valence-corrected chi connectivity index (χ4v) is 3.96. The molecule has 3 aliphatic heterocycles. The first kappa shape index (κ1) is 12.5. The molecular weight excluding hydrogens is 254 g/mol. The fourth-order valence-electron chi connectivity index (χ4n) is 3.96. The summed E-state index contributed by atoms with van der Waals surface area (Å²) in [5.74, 6) is 1.73. The molecule has 3 aliphatic rings. The number of nitrogens with zero attached hydrogens (tertiary/aromatic N) is 1. The van der Waals surface area contributed by atoms with Gasteiger partial charge in [-0.1, -0.05) is 0 Å². The molecule has 2 bridgehead atoms. The summed E-state index contributed by atoms with van der Waals surface area (Å²) in [5.41, 5.74) is 2.59. The maximum Gasteiger partial charge on any atom is 0.231 e. The van der Waals surface area contributed by atoms with Crippen LogP contribution < -0.4 is 9.47 Å². The minimum absolute atomic E-state index is 0.0957. The highest BCUT2D eigenvalue weighted by Crippen LogP contribution is 2.39. The van der Waals surface area contributed by atoms with E-state index in [-0.39, 0.29) is 6.10 Å². The largest absolute Gasteiger partial charge is 0.454 e. The lowest BCUT2D eigenvalue weighted by Gasteiger charge is -2.37. The molecule has 2 fully saturated rings. The van der Waals surface area contributed by atoms with Gasteiger partial charge in [-0.3, -0.25) is 4.90 Å². The molecule has 20 heavy (non-hydrogen) atoms. The molecule has 0 radical (unpaired) electrons. The van der Waals surface area contributed by atoms with Crippen molar-refractivity contribution >= 4 is 0 Å². The van der Waals surface area contributed by atoms with E-state index >= 15 is 0 Å². The minimum atomic E-state index is -0.0957. The number of aliphatic hydroxyl groups is 1. The van der Waals surface area contributed by atoms with Gasteiger partial charge in [0, 0.05) is 18.6 Å². The van der Waals surface area contributed by atoms with E-state index in [1.165, 1.54) is 24.0 Å². The highest BCUT2D eigenvalue weighted by molar-refractivity contribution is 5.48. The van der Waals surface area contributed by atoms with Crippen LogP contribution >= 0.6 is 0 Å². The van der Waals surface area contributed by atoms with Crippen LogP contribution in [0.25, 0.3) is 0 Å². The molecule has 0 aliphatic carbocycles. The zero-order chi connectivity index (χ0) is 13.7. The minimum Gasteiger partial charge on any atom is -0.454 e. The Bertz CT molecular complexity index is 517. The molecule has 0 saturated carbocycles. The average Bonchev–Trinajstić information content (AvgIpc) is 2.94. The zero-order valence-corrected chi connectivity index (χ0v) is 11.8. The van der Waals surface area contributed by atoms with Gasteiger partial charge in [0.05, 0.1) is 6.10 Å². The van der Waals surface area contributed by atoms with Gasteiger partial charge < -0.3 is 14.6 Å². The Labute approximate surface area is 119 Å². The van der Waals surface area contributed by atoms with E-state index in [1.54, 1.807) is 0 Å². The summed E-state index contributed by atoms with van der Waals surface area (Å²) in [4.78, 5) is 2.58. The maximum atomic E-state index is 9.89. The summed E-state index contributed by atoms with van der Waals surface area (Å²) in [6.07, 6.45) is 4.22. The van der Waals surface area contributed by atoms with Gasteiger partial charge in [0.2, 0.25) is 6.79 Å². The van der Waals surface area contributed by atoms with E-state index in [1.807, 2.05) is 0 Å². The molecule has 3 heterocycles. The van der Waals surface area contributed by atoms with E-state index in [0.29, 0.717) is 18.9 Å². The van der Waals surface area contributed by atoms with Crippen LogP contribution in [0.2, 0.25) is 0 Å². The van der Waals surface area contributed by atoms with E-state index in [4.69, 9.17) is 9.47 Å². The summed E-state index contributed by atoms with van der Waals surface area (Å²) < 4.78 is 10.9. The average molecular weight is 275 g/mol. The van der Waals surface area contributed by atoms with Crippen molar-refractivity contribution in [2.24, 2.45) is 0 Å². The summed E-state index contributed by atoms with van der Waals surface area (Å²) in [6, 6.07) is 5.31. The van der Waals surface area contributed by atoms with Gasteiger partial charge in [0.1, 0.15) is 0 Å². The van der Waals surface area contributed by atoms with Crippen molar-refractivity contribution in [3.05, 3.63) is 23.3 Å². The Morgan fingerprint density at radius 3 is 2.50 bits per heavy atom. The van der Waals surface area contributed by atoms with Gasteiger partial charge in [-0.25, -0.2) is 0 Å². The molecule has 2 saturated heterocycles. The molecule has 108 valence electrons. The maximum absolute atomic E-state index is 9.89. The Balaban J connectivity index is 1.58. The third-order valence-electron chi connectivity index (χ3n) is 5.04. The molecule has 0 spiro atoms. The topological polar surface area (TPSA) is 41.9 Å². The van der Waals surface area contributed by atoms with Crippen LogP contribution in [0.1, 0.15) is 36.8 Å². The number of piperidine rings is 1. The first-order valence-corrected chi connectivity index (χ1v) is 7.53. The Hall–Kier alpha value is -1.26. The van der Waals surface area contributed by atoms with Gasteiger partial charge in [-0.05, 0) is 55.9 Å². The first-order chi connectivity index (χ1) is 9.70. The standard InChI is InChI=1S/C16H21NO3/c1-10-4-15-16(20-9-19-15)5-11(10)8-17-12-2-3-13(17)7-14(18)6-12/h4-5,12-14,18H,2-3,6-9H2,1H3/t12-,13+,14?. The second kappa shape index (κ2) is 4.64. The number of hydrogen-bond donors (Lipinski definition) is 1. The van der Waals surface area contributed by atoms with Gasteiger partial charge in [0.25, 0.3) is 0 Å². The predicted molar refractivity (Wildman–Crippen MR) is 74.9 cm³/mol. The monoisotopic (exact) mass is 275 g/mol. The highest BCUT2D eigenvalue weighted by atomic mass is 16.7. The SMILES string of the molecule is Cc1cc2c(cc1CN1[C@@H]3CC[C@H]1CC(O)C3)OCO2. The Morgan fingerprint density at radius 1 is 1.15 bits per heavy atom. The number of aliphatic hydroxyl groups excluding tert-OH is 1. The summed E-state index contributed by atoms with van der Waals surface area (Å²) >= 11 is 0. The second-order valence-electron chi connectivity index (χ2n) is 6.31. The number of fused-ring (bicyclic) bond motifs is 3. The van der Waals surface area contributed by atoms with Gasteiger partial charge >= 0.3 is 0 Å². The van der Waals surface area contributed by atoms with Crippen molar-refractivity contribution in [1.82, 2.24) is 4.90 Å². The summed E-state index contributed by atoms with van der Waals surface area (Å²) in [7, 11) is 0. The molecule has 4 heteroatoms. The molecule has 3 atom stereocenters. The molecular formula is C16H21NO3. The van der Waals surface area contributed by atoms with Crippen LogP contribution in [-0.2, 0) is 6.54 Å². The summed E-state index contributed by atoms with van der Waals surface area (Å²) in [6.45, 7) is 3.43. The Kier molecular flexibility index (Phi) is 2.89. The smallest absolute Gasteiger partial charge is 0.231 e. The molecule has 0 amide bonds. The molecule has 1 aromatic carbocycles. The van der Waals surface area contributed by atoms with Gasteiger partial charge in [-0.2, -0.15) is 0 Å². The van der Waals surface area contributed by atoms with Crippen molar-refractivity contribution in [1.29, 1.82) is 0 Å².